The lowest BCUT2D eigenvalue weighted by atomic mass is 10.1. The Balaban J connectivity index is 1.86. The van der Waals surface area contributed by atoms with Gasteiger partial charge in [-0.1, -0.05) is 18.2 Å². The third kappa shape index (κ3) is 1.49. The van der Waals surface area contributed by atoms with Crippen LogP contribution in [0.5, 0.6) is 0 Å². The summed E-state index contributed by atoms with van der Waals surface area (Å²) in [5.41, 5.74) is 2.33. The van der Waals surface area contributed by atoms with Gasteiger partial charge in [-0.2, -0.15) is 5.10 Å². The molecular weight excluding hydrogens is 226 g/mol. The molecule has 94 valence electrons. The zero-order valence-corrected chi connectivity index (χ0v) is 10.4. The average molecular weight is 243 g/mol. The number of rotatable bonds is 1. The van der Waals surface area contributed by atoms with Crippen molar-refractivity contribution in [3.8, 4) is 0 Å². The molecule has 1 aromatic carbocycles. The number of likely N-dealkylation sites (tertiary alicyclic amines) is 1. The van der Waals surface area contributed by atoms with Crippen LogP contribution in [0.2, 0.25) is 0 Å². The van der Waals surface area contributed by atoms with Crippen molar-refractivity contribution >= 4 is 10.9 Å². The summed E-state index contributed by atoms with van der Waals surface area (Å²) < 4.78 is 8.16. The highest BCUT2D eigenvalue weighted by Crippen LogP contribution is 2.33. The van der Waals surface area contributed by atoms with E-state index >= 15 is 0 Å². The summed E-state index contributed by atoms with van der Waals surface area (Å²) in [6, 6.07) is 8.38. The van der Waals surface area contributed by atoms with Crippen molar-refractivity contribution in [2.45, 2.75) is 25.6 Å². The highest BCUT2D eigenvalue weighted by molar-refractivity contribution is 5.81. The summed E-state index contributed by atoms with van der Waals surface area (Å²) in [5.74, 6) is 0. The number of aromatic nitrogens is 2. The van der Waals surface area contributed by atoms with Gasteiger partial charge in [0.05, 0.1) is 24.4 Å². The minimum Gasteiger partial charge on any atom is -0.355 e. The number of hydrogen-bond donors (Lipinski definition) is 0. The van der Waals surface area contributed by atoms with Crippen molar-refractivity contribution in [3.05, 3.63) is 30.0 Å². The molecule has 4 rings (SSSR count). The van der Waals surface area contributed by atoms with Crippen LogP contribution in [0.1, 0.15) is 24.8 Å². The first-order valence-electron chi connectivity index (χ1n) is 6.74. The Morgan fingerprint density at radius 2 is 1.94 bits per heavy atom. The fourth-order valence-corrected chi connectivity index (χ4v) is 3.12. The van der Waals surface area contributed by atoms with Crippen molar-refractivity contribution < 1.29 is 4.74 Å². The number of benzene rings is 1. The normalized spacial score (nSPS) is 24.6. The fourth-order valence-electron chi connectivity index (χ4n) is 3.12. The predicted molar refractivity (Wildman–Crippen MR) is 69.2 cm³/mol. The molecule has 0 spiro atoms. The van der Waals surface area contributed by atoms with E-state index in [1.165, 1.54) is 23.9 Å². The second-order valence-electron chi connectivity index (χ2n) is 5.09. The molecule has 4 heteroatoms. The zero-order valence-electron chi connectivity index (χ0n) is 10.4. The molecule has 2 aromatic rings. The van der Waals surface area contributed by atoms with Gasteiger partial charge >= 0.3 is 0 Å². The van der Waals surface area contributed by atoms with E-state index in [0.29, 0.717) is 0 Å². The molecular formula is C14H17N3O. The number of hydrogen-bond acceptors (Lipinski definition) is 3. The summed E-state index contributed by atoms with van der Waals surface area (Å²) in [7, 11) is 0. The standard InChI is InChI=1S/C14H17N3O/c1-2-6-12-11(5-1)13-14(16-7-3-4-8-16)18-10-9-17(13)15-12/h1-2,5-6,14H,3-4,7-10H2. The van der Waals surface area contributed by atoms with E-state index in [4.69, 9.17) is 4.74 Å². The van der Waals surface area contributed by atoms with E-state index in [1.807, 2.05) is 6.07 Å². The van der Waals surface area contributed by atoms with Gasteiger partial charge in [-0.15, -0.1) is 0 Å². The zero-order chi connectivity index (χ0) is 11.9. The Morgan fingerprint density at radius 1 is 1.11 bits per heavy atom. The van der Waals surface area contributed by atoms with Gasteiger partial charge in [-0.05, 0) is 18.9 Å². The molecule has 1 saturated heterocycles. The highest BCUT2D eigenvalue weighted by atomic mass is 16.5. The Morgan fingerprint density at radius 3 is 2.83 bits per heavy atom. The van der Waals surface area contributed by atoms with Crippen molar-refractivity contribution in [3.63, 3.8) is 0 Å². The molecule has 4 nitrogen and oxygen atoms in total. The van der Waals surface area contributed by atoms with Crippen LogP contribution < -0.4 is 0 Å². The third-order valence-electron chi connectivity index (χ3n) is 3.97. The number of ether oxygens (including phenoxy) is 1. The summed E-state index contributed by atoms with van der Waals surface area (Å²) in [4.78, 5) is 2.44. The molecule has 2 aliphatic heterocycles. The minimum atomic E-state index is 0.105. The molecule has 1 fully saturated rings. The van der Waals surface area contributed by atoms with Gasteiger partial charge in [0.15, 0.2) is 6.23 Å². The molecule has 2 aliphatic rings. The summed E-state index contributed by atoms with van der Waals surface area (Å²) in [6.07, 6.45) is 2.67. The Labute approximate surface area is 106 Å². The van der Waals surface area contributed by atoms with Crippen LogP contribution in [-0.4, -0.2) is 34.4 Å². The molecule has 0 amide bonds. The monoisotopic (exact) mass is 243 g/mol. The fraction of sp³-hybridized carbons (Fsp3) is 0.500. The van der Waals surface area contributed by atoms with Crippen LogP contribution in [0.25, 0.3) is 10.9 Å². The summed E-state index contributed by atoms with van der Waals surface area (Å²) in [6.45, 7) is 3.92. The maximum Gasteiger partial charge on any atom is 0.154 e. The number of nitrogens with zero attached hydrogens (tertiary/aromatic N) is 3. The van der Waals surface area contributed by atoms with Gasteiger partial charge in [0.2, 0.25) is 0 Å². The summed E-state index contributed by atoms with van der Waals surface area (Å²) in [5, 5.41) is 5.93. The van der Waals surface area contributed by atoms with E-state index in [2.05, 4.69) is 32.9 Å². The lowest BCUT2D eigenvalue weighted by Crippen LogP contribution is -2.34. The van der Waals surface area contributed by atoms with Gasteiger partial charge in [0, 0.05) is 18.5 Å². The molecule has 0 saturated carbocycles. The highest BCUT2D eigenvalue weighted by Gasteiger charge is 2.31. The van der Waals surface area contributed by atoms with E-state index in [1.54, 1.807) is 0 Å². The van der Waals surface area contributed by atoms with Crippen LogP contribution in [-0.2, 0) is 11.3 Å². The second-order valence-corrected chi connectivity index (χ2v) is 5.09. The third-order valence-corrected chi connectivity index (χ3v) is 3.97. The van der Waals surface area contributed by atoms with Crippen LogP contribution in [0.3, 0.4) is 0 Å². The molecule has 1 unspecified atom stereocenters. The van der Waals surface area contributed by atoms with Gasteiger partial charge in [-0.3, -0.25) is 9.58 Å². The molecule has 1 atom stereocenters. The SMILES string of the molecule is c1ccc2c3n(nc2c1)CCOC3N1CCCC1. The second kappa shape index (κ2) is 4.07. The topological polar surface area (TPSA) is 30.3 Å². The van der Waals surface area contributed by atoms with Gasteiger partial charge < -0.3 is 4.74 Å². The van der Waals surface area contributed by atoms with Crippen molar-refractivity contribution in [2.24, 2.45) is 0 Å². The smallest absolute Gasteiger partial charge is 0.154 e. The Bertz CT molecular complexity index is 571. The number of fused-ring (bicyclic) bond motifs is 3. The minimum absolute atomic E-state index is 0.105. The lowest BCUT2D eigenvalue weighted by molar-refractivity contribution is -0.0763. The van der Waals surface area contributed by atoms with Crippen LogP contribution >= 0.6 is 0 Å². The first kappa shape index (κ1) is 10.5. The van der Waals surface area contributed by atoms with Crippen molar-refractivity contribution in [1.29, 1.82) is 0 Å². The molecule has 0 radical (unpaired) electrons. The van der Waals surface area contributed by atoms with Gasteiger partial charge in [0.1, 0.15) is 0 Å². The van der Waals surface area contributed by atoms with Gasteiger partial charge in [0.25, 0.3) is 0 Å². The molecule has 1 aromatic heterocycles. The predicted octanol–water partition coefficient (Wildman–Crippen LogP) is 2.16. The first-order chi connectivity index (χ1) is 8.93. The molecule has 0 N–H and O–H groups in total. The summed E-state index contributed by atoms with van der Waals surface area (Å²) >= 11 is 0. The van der Waals surface area contributed by atoms with Crippen LogP contribution in [0.4, 0.5) is 0 Å². The molecule has 0 aliphatic carbocycles. The lowest BCUT2D eigenvalue weighted by Gasteiger charge is -2.31. The largest absolute Gasteiger partial charge is 0.355 e. The maximum absolute atomic E-state index is 6.02. The quantitative estimate of drug-likeness (QED) is 0.769. The van der Waals surface area contributed by atoms with Crippen molar-refractivity contribution in [2.75, 3.05) is 19.7 Å². The molecule has 18 heavy (non-hydrogen) atoms. The van der Waals surface area contributed by atoms with Gasteiger partial charge in [-0.25, -0.2) is 0 Å². The Kier molecular flexibility index (Phi) is 2.38. The first-order valence-corrected chi connectivity index (χ1v) is 6.74. The molecule has 3 heterocycles. The van der Waals surface area contributed by atoms with Crippen LogP contribution in [0.15, 0.2) is 24.3 Å². The van der Waals surface area contributed by atoms with E-state index in [0.717, 1.165) is 31.8 Å². The van der Waals surface area contributed by atoms with E-state index in [-0.39, 0.29) is 6.23 Å². The van der Waals surface area contributed by atoms with E-state index in [9.17, 15) is 0 Å². The maximum atomic E-state index is 6.02. The van der Waals surface area contributed by atoms with Crippen molar-refractivity contribution in [1.82, 2.24) is 14.7 Å². The molecule has 0 bridgehead atoms. The average Bonchev–Trinajstić information content (AvgIpc) is 3.05. The van der Waals surface area contributed by atoms with E-state index < -0.39 is 0 Å². The Hall–Kier alpha value is -1.39. The van der Waals surface area contributed by atoms with Crippen LogP contribution in [0, 0.1) is 0 Å².